The molecule has 1 aromatic heterocycles. The molecule has 0 fully saturated rings. The zero-order chi connectivity index (χ0) is 18.6. The van der Waals surface area contributed by atoms with Crippen molar-refractivity contribution < 1.29 is 8.42 Å². The molecule has 0 radical (unpaired) electrons. The Morgan fingerprint density at radius 2 is 1.85 bits per heavy atom. The van der Waals surface area contributed by atoms with Crippen molar-refractivity contribution in [2.45, 2.75) is 31.7 Å². The number of rotatable bonds is 7. The van der Waals surface area contributed by atoms with Gasteiger partial charge in [0, 0.05) is 31.9 Å². The maximum atomic E-state index is 12.6. The van der Waals surface area contributed by atoms with E-state index in [4.69, 9.17) is 0 Å². The number of sulfonamides is 1. The highest BCUT2D eigenvalue weighted by molar-refractivity contribution is 7.89. The molecule has 0 saturated heterocycles. The summed E-state index contributed by atoms with van der Waals surface area (Å²) in [5.74, 6) is 0.859. The highest BCUT2D eigenvalue weighted by Crippen LogP contribution is 2.16. The Labute approximate surface area is 154 Å². The van der Waals surface area contributed by atoms with Gasteiger partial charge in [0.25, 0.3) is 0 Å². The van der Waals surface area contributed by atoms with Gasteiger partial charge in [-0.15, -0.1) is 0 Å². The van der Waals surface area contributed by atoms with Gasteiger partial charge in [0.1, 0.15) is 5.82 Å². The zero-order valence-electron chi connectivity index (χ0n) is 15.0. The molecule has 1 N–H and O–H groups in total. The van der Waals surface area contributed by atoms with Gasteiger partial charge in [0.05, 0.1) is 4.90 Å². The Kier molecular flexibility index (Phi) is 5.54. The van der Waals surface area contributed by atoms with Crippen molar-refractivity contribution in [3.8, 4) is 0 Å². The van der Waals surface area contributed by atoms with Gasteiger partial charge in [-0.25, -0.2) is 18.1 Å². The van der Waals surface area contributed by atoms with Gasteiger partial charge >= 0.3 is 0 Å². The molecule has 0 unspecified atom stereocenters. The van der Waals surface area contributed by atoms with E-state index in [2.05, 4.69) is 21.8 Å². The third-order valence-corrected chi connectivity index (χ3v) is 5.87. The van der Waals surface area contributed by atoms with Gasteiger partial charge in [-0.3, -0.25) is 0 Å². The van der Waals surface area contributed by atoms with Crippen molar-refractivity contribution in [2.24, 2.45) is 0 Å². The Morgan fingerprint density at radius 3 is 2.62 bits per heavy atom. The first kappa shape index (κ1) is 18.4. The van der Waals surface area contributed by atoms with Crippen LogP contribution in [0.5, 0.6) is 0 Å². The van der Waals surface area contributed by atoms with Crippen LogP contribution in [0.2, 0.25) is 0 Å². The average molecular weight is 369 g/mol. The number of aryl methyl sites for hydroxylation is 2. The van der Waals surface area contributed by atoms with E-state index in [1.165, 1.54) is 5.56 Å². The largest absolute Gasteiger partial charge is 0.330 e. The van der Waals surface area contributed by atoms with Crippen LogP contribution in [-0.2, 0) is 23.0 Å². The van der Waals surface area contributed by atoms with Crippen LogP contribution in [0.15, 0.2) is 65.8 Å². The SMILES string of the molecule is Cc1ccc(C)c(S(=O)(=O)NCCc2nccn2Cc2ccccc2)c1. The lowest BCUT2D eigenvalue weighted by Gasteiger charge is -2.11. The van der Waals surface area contributed by atoms with E-state index in [9.17, 15) is 8.42 Å². The van der Waals surface area contributed by atoms with Crippen molar-refractivity contribution in [1.82, 2.24) is 14.3 Å². The molecule has 6 heteroatoms. The number of imidazole rings is 1. The molecule has 3 rings (SSSR count). The molecule has 0 saturated carbocycles. The second-order valence-corrected chi connectivity index (χ2v) is 8.11. The normalized spacial score (nSPS) is 11.6. The van der Waals surface area contributed by atoms with Gasteiger partial charge < -0.3 is 4.57 Å². The predicted octanol–water partition coefficient (Wildman–Crippen LogP) is 3.07. The minimum Gasteiger partial charge on any atom is -0.330 e. The Hall–Kier alpha value is -2.44. The highest BCUT2D eigenvalue weighted by atomic mass is 32.2. The smallest absolute Gasteiger partial charge is 0.240 e. The van der Waals surface area contributed by atoms with E-state index in [-0.39, 0.29) is 0 Å². The summed E-state index contributed by atoms with van der Waals surface area (Å²) in [7, 11) is -3.53. The standard InChI is InChI=1S/C20H23N3O2S/c1-16-8-9-17(2)19(14-16)26(24,25)22-11-10-20-21-12-13-23(20)15-18-6-4-3-5-7-18/h3-9,12-14,22H,10-11,15H2,1-2H3. The summed E-state index contributed by atoms with van der Waals surface area (Å²) in [6, 6.07) is 15.6. The number of hydrogen-bond donors (Lipinski definition) is 1. The highest BCUT2D eigenvalue weighted by Gasteiger charge is 2.16. The number of nitrogens with zero attached hydrogens (tertiary/aromatic N) is 2. The second-order valence-electron chi connectivity index (χ2n) is 6.37. The van der Waals surface area contributed by atoms with Crippen LogP contribution in [0.3, 0.4) is 0 Å². The summed E-state index contributed by atoms with van der Waals surface area (Å²) in [4.78, 5) is 4.70. The zero-order valence-corrected chi connectivity index (χ0v) is 15.8. The molecule has 0 aliphatic carbocycles. The quantitative estimate of drug-likeness (QED) is 0.696. The Morgan fingerprint density at radius 1 is 1.08 bits per heavy atom. The fourth-order valence-corrected chi connectivity index (χ4v) is 4.22. The third-order valence-electron chi connectivity index (χ3n) is 4.27. The first-order valence-corrected chi connectivity index (χ1v) is 10.0. The number of nitrogens with one attached hydrogen (secondary N) is 1. The predicted molar refractivity (Wildman–Crippen MR) is 103 cm³/mol. The van der Waals surface area contributed by atoms with E-state index in [1.807, 2.05) is 48.0 Å². The molecule has 5 nitrogen and oxygen atoms in total. The molecule has 0 aliphatic heterocycles. The molecule has 136 valence electrons. The lowest BCUT2D eigenvalue weighted by molar-refractivity contribution is 0.578. The van der Waals surface area contributed by atoms with Gasteiger partial charge in [-0.05, 0) is 36.6 Å². The fourth-order valence-electron chi connectivity index (χ4n) is 2.86. The van der Waals surface area contributed by atoms with Crippen LogP contribution < -0.4 is 4.72 Å². The minimum atomic E-state index is -3.53. The molecule has 0 spiro atoms. The van der Waals surface area contributed by atoms with E-state index >= 15 is 0 Å². The molecule has 0 aliphatic rings. The van der Waals surface area contributed by atoms with Crippen molar-refractivity contribution in [1.29, 1.82) is 0 Å². The van der Waals surface area contributed by atoms with Crippen molar-refractivity contribution in [2.75, 3.05) is 6.54 Å². The van der Waals surface area contributed by atoms with E-state index in [1.54, 1.807) is 19.2 Å². The summed E-state index contributed by atoms with van der Waals surface area (Å²) in [5.41, 5.74) is 2.85. The molecule has 0 atom stereocenters. The molecule has 3 aromatic rings. The number of benzene rings is 2. The fraction of sp³-hybridized carbons (Fsp3) is 0.250. The average Bonchev–Trinajstić information content (AvgIpc) is 3.05. The Bertz CT molecular complexity index is 979. The van der Waals surface area contributed by atoms with Gasteiger partial charge in [0.15, 0.2) is 0 Å². The number of aromatic nitrogens is 2. The molecule has 26 heavy (non-hydrogen) atoms. The molecular weight excluding hydrogens is 346 g/mol. The van der Waals surface area contributed by atoms with Crippen LogP contribution in [0.1, 0.15) is 22.5 Å². The summed E-state index contributed by atoms with van der Waals surface area (Å²) in [6.07, 6.45) is 4.20. The van der Waals surface area contributed by atoms with Crippen molar-refractivity contribution in [3.05, 3.63) is 83.4 Å². The van der Waals surface area contributed by atoms with Crippen molar-refractivity contribution in [3.63, 3.8) is 0 Å². The molecular formula is C20H23N3O2S. The van der Waals surface area contributed by atoms with E-state index in [0.29, 0.717) is 17.9 Å². The summed E-state index contributed by atoms with van der Waals surface area (Å²) < 4.78 is 29.9. The maximum absolute atomic E-state index is 12.6. The van der Waals surface area contributed by atoms with Gasteiger partial charge in [-0.1, -0.05) is 42.5 Å². The lowest BCUT2D eigenvalue weighted by atomic mass is 10.2. The monoisotopic (exact) mass is 369 g/mol. The maximum Gasteiger partial charge on any atom is 0.240 e. The minimum absolute atomic E-state index is 0.307. The van der Waals surface area contributed by atoms with Gasteiger partial charge in [0.2, 0.25) is 10.0 Å². The Balaban J connectivity index is 1.65. The summed E-state index contributed by atoms with van der Waals surface area (Å²) in [5, 5.41) is 0. The topological polar surface area (TPSA) is 64.0 Å². The van der Waals surface area contributed by atoms with E-state index < -0.39 is 10.0 Å². The first-order chi connectivity index (χ1) is 12.5. The van der Waals surface area contributed by atoms with Crippen LogP contribution in [0, 0.1) is 13.8 Å². The number of hydrogen-bond acceptors (Lipinski definition) is 3. The second kappa shape index (κ2) is 7.85. The van der Waals surface area contributed by atoms with Crippen LogP contribution >= 0.6 is 0 Å². The molecule has 1 heterocycles. The van der Waals surface area contributed by atoms with Gasteiger partial charge in [-0.2, -0.15) is 0 Å². The lowest BCUT2D eigenvalue weighted by Crippen LogP contribution is -2.27. The molecule has 0 bridgehead atoms. The van der Waals surface area contributed by atoms with E-state index in [0.717, 1.165) is 23.5 Å². The third kappa shape index (κ3) is 4.39. The summed E-state index contributed by atoms with van der Waals surface area (Å²) in [6.45, 7) is 4.72. The van der Waals surface area contributed by atoms with Crippen LogP contribution in [-0.4, -0.2) is 24.5 Å². The van der Waals surface area contributed by atoms with Crippen LogP contribution in [0.25, 0.3) is 0 Å². The summed E-state index contributed by atoms with van der Waals surface area (Å²) >= 11 is 0. The molecule has 2 aromatic carbocycles. The van der Waals surface area contributed by atoms with Crippen molar-refractivity contribution >= 4 is 10.0 Å². The van der Waals surface area contributed by atoms with Crippen LogP contribution in [0.4, 0.5) is 0 Å². The first-order valence-electron chi connectivity index (χ1n) is 8.56. The molecule has 0 amide bonds.